The molecule has 134 valence electrons. The molecule has 0 unspecified atom stereocenters. The van der Waals surface area contributed by atoms with Crippen LogP contribution in [-0.4, -0.2) is 42.2 Å². The highest BCUT2D eigenvalue weighted by Gasteiger charge is 2.27. The molecule has 0 fully saturated rings. The monoisotopic (exact) mass is 444 g/mol. The van der Waals surface area contributed by atoms with E-state index in [0.717, 1.165) is 11.9 Å². The van der Waals surface area contributed by atoms with Crippen LogP contribution in [0.5, 0.6) is 0 Å². The lowest BCUT2D eigenvalue weighted by molar-refractivity contribution is 0.582. The summed E-state index contributed by atoms with van der Waals surface area (Å²) >= 11 is 3.30. The summed E-state index contributed by atoms with van der Waals surface area (Å²) in [5, 5.41) is 0.595. The van der Waals surface area contributed by atoms with Crippen molar-refractivity contribution in [2.24, 2.45) is 4.40 Å². The predicted molar refractivity (Wildman–Crippen MR) is 100 cm³/mol. The predicted octanol–water partition coefficient (Wildman–Crippen LogP) is 2.69. The number of rotatable bonds is 6. The van der Waals surface area contributed by atoms with Crippen molar-refractivity contribution in [3.63, 3.8) is 0 Å². The van der Waals surface area contributed by atoms with Crippen molar-refractivity contribution in [1.82, 2.24) is 4.90 Å². The molecule has 0 radical (unpaired) electrons. The molecule has 0 aromatic heterocycles. The van der Waals surface area contributed by atoms with Gasteiger partial charge in [0, 0.05) is 19.4 Å². The number of sulfonamides is 1. The molecule has 6 nitrogen and oxygen atoms in total. The Morgan fingerprint density at radius 2 is 1.52 bits per heavy atom. The molecule has 0 aliphatic heterocycles. The van der Waals surface area contributed by atoms with E-state index >= 15 is 0 Å². The first-order valence-corrected chi connectivity index (χ1v) is 11.2. The lowest BCUT2D eigenvalue weighted by Crippen LogP contribution is -2.12. The Morgan fingerprint density at radius 3 is 2.04 bits per heavy atom. The van der Waals surface area contributed by atoms with Gasteiger partial charge >= 0.3 is 0 Å². The summed E-state index contributed by atoms with van der Waals surface area (Å²) in [5.41, 5.74) is 0.912. The van der Waals surface area contributed by atoms with Gasteiger partial charge in [0.15, 0.2) is 0 Å². The van der Waals surface area contributed by atoms with Crippen LogP contribution in [0.1, 0.15) is 5.56 Å². The summed E-state index contributed by atoms with van der Waals surface area (Å²) in [4.78, 5) is 0.833. The molecule has 2 aromatic rings. The van der Waals surface area contributed by atoms with Gasteiger partial charge in [-0.25, -0.2) is 8.42 Å². The minimum absolute atomic E-state index is 0.0245. The number of benzene rings is 2. The van der Waals surface area contributed by atoms with Crippen LogP contribution in [-0.2, 0) is 25.2 Å². The molecule has 9 heteroatoms. The van der Waals surface area contributed by atoms with Crippen LogP contribution in [0, 0.1) is 0 Å². The van der Waals surface area contributed by atoms with Crippen molar-refractivity contribution in [2.75, 3.05) is 14.1 Å². The van der Waals surface area contributed by atoms with Crippen LogP contribution in [0.25, 0.3) is 0 Å². The van der Waals surface area contributed by atoms with Gasteiger partial charge in [0.05, 0.1) is 9.79 Å². The Labute approximate surface area is 156 Å². The van der Waals surface area contributed by atoms with Crippen molar-refractivity contribution in [1.29, 1.82) is 0 Å². The molecule has 0 atom stereocenters. The van der Waals surface area contributed by atoms with E-state index < -0.39 is 19.9 Å². The second-order valence-corrected chi connectivity index (χ2v) is 9.47. The molecule has 0 aliphatic carbocycles. The van der Waals surface area contributed by atoms with Gasteiger partial charge in [-0.1, -0.05) is 40.2 Å². The van der Waals surface area contributed by atoms with Crippen LogP contribution in [0.15, 0.2) is 67.6 Å². The topological polar surface area (TPSA) is 83.9 Å². The SMILES string of the molecule is CN(C)/C=N/S(=O)(=O)c1ccccc1S(=O)(=O)c1ccc(CBr)cc1. The summed E-state index contributed by atoms with van der Waals surface area (Å²) in [6, 6.07) is 11.7. The summed E-state index contributed by atoms with van der Waals surface area (Å²) in [6.45, 7) is 0. The fraction of sp³-hybridized carbons (Fsp3) is 0.188. The maximum Gasteiger partial charge on any atom is 0.284 e. The number of halogens is 1. The molecule has 0 saturated carbocycles. The maximum absolute atomic E-state index is 12.9. The Hall–Kier alpha value is -1.71. The Kier molecular flexibility index (Phi) is 6.02. The zero-order chi connectivity index (χ0) is 18.7. The number of alkyl halides is 1. The summed E-state index contributed by atoms with van der Waals surface area (Å²) in [7, 11) is -4.91. The average molecular weight is 445 g/mol. The van der Waals surface area contributed by atoms with E-state index in [2.05, 4.69) is 20.3 Å². The van der Waals surface area contributed by atoms with E-state index in [1.165, 1.54) is 41.3 Å². The maximum atomic E-state index is 12.9. The van der Waals surface area contributed by atoms with Gasteiger partial charge < -0.3 is 4.90 Å². The van der Waals surface area contributed by atoms with Crippen LogP contribution in [0.3, 0.4) is 0 Å². The molecule has 0 N–H and O–H groups in total. The second-order valence-electron chi connectivity index (χ2n) is 5.39. The quantitative estimate of drug-likeness (QED) is 0.388. The third-order valence-electron chi connectivity index (χ3n) is 3.22. The van der Waals surface area contributed by atoms with Gasteiger partial charge in [0.25, 0.3) is 10.0 Å². The van der Waals surface area contributed by atoms with E-state index in [4.69, 9.17) is 0 Å². The summed E-state index contributed by atoms with van der Waals surface area (Å²) < 4.78 is 54.2. The Morgan fingerprint density at radius 1 is 0.960 bits per heavy atom. The minimum atomic E-state index is -4.15. The van der Waals surface area contributed by atoms with Gasteiger partial charge in [0.2, 0.25) is 9.84 Å². The molecule has 0 heterocycles. The van der Waals surface area contributed by atoms with Gasteiger partial charge in [0.1, 0.15) is 11.2 Å². The first-order valence-electron chi connectivity index (χ1n) is 7.14. The molecule has 25 heavy (non-hydrogen) atoms. The fourth-order valence-electron chi connectivity index (χ4n) is 1.98. The number of sulfone groups is 1. The van der Waals surface area contributed by atoms with Crippen molar-refractivity contribution in [3.05, 3.63) is 54.1 Å². The zero-order valence-corrected chi connectivity index (χ0v) is 16.8. The van der Waals surface area contributed by atoms with Gasteiger partial charge in [-0.3, -0.25) is 0 Å². The smallest absolute Gasteiger partial charge is 0.284 e. The van der Waals surface area contributed by atoms with E-state index in [1.807, 2.05) is 0 Å². The molecule has 2 rings (SSSR count). The lowest BCUT2D eigenvalue weighted by atomic mass is 10.2. The molecule has 0 amide bonds. The highest BCUT2D eigenvalue weighted by molar-refractivity contribution is 9.08. The molecule has 0 bridgehead atoms. The van der Waals surface area contributed by atoms with E-state index in [9.17, 15) is 16.8 Å². The minimum Gasteiger partial charge on any atom is -0.368 e. The molecule has 2 aromatic carbocycles. The van der Waals surface area contributed by atoms with Gasteiger partial charge in [-0.15, -0.1) is 4.40 Å². The van der Waals surface area contributed by atoms with E-state index in [-0.39, 0.29) is 14.7 Å². The first-order chi connectivity index (χ1) is 11.7. The zero-order valence-electron chi connectivity index (χ0n) is 13.6. The first kappa shape index (κ1) is 19.6. The van der Waals surface area contributed by atoms with Crippen LogP contribution >= 0.6 is 15.9 Å². The van der Waals surface area contributed by atoms with Gasteiger partial charge in [-0.05, 0) is 29.8 Å². The van der Waals surface area contributed by atoms with Crippen molar-refractivity contribution in [2.45, 2.75) is 20.0 Å². The number of nitrogens with zero attached hydrogens (tertiary/aromatic N) is 2. The largest absolute Gasteiger partial charge is 0.368 e. The normalized spacial score (nSPS) is 12.4. The van der Waals surface area contributed by atoms with Gasteiger partial charge in [-0.2, -0.15) is 8.42 Å². The molecule has 0 saturated heterocycles. The molecule has 0 aliphatic rings. The number of hydrogen-bond donors (Lipinski definition) is 0. The second kappa shape index (κ2) is 7.67. The Bertz CT molecular complexity index is 983. The number of hydrogen-bond acceptors (Lipinski definition) is 4. The molecular weight excluding hydrogens is 428 g/mol. The highest BCUT2D eigenvalue weighted by Crippen LogP contribution is 2.28. The summed E-state index contributed by atoms with van der Waals surface area (Å²) in [5.74, 6) is 0. The lowest BCUT2D eigenvalue weighted by Gasteiger charge is -2.10. The van der Waals surface area contributed by atoms with Crippen molar-refractivity contribution >= 4 is 42.1 Å². The van der Waals surface area contributed by atoms with E-state index in [0.29, 0.717) is 5.33 Å². The fourth-order valence-corrected chi connectivity index (χ4v) is 5.34. The Balaban J connectivity index is 2.60. The highest BCUT2D eigenvalue weighted by atomic mass is 79.9. The van der Waals surface area contributed by atoms with Crippen molar-refractivity contribution < 1.29 is 16.8 Å². The van der Waals surface area contributed by atoms with Crippen LogP contribution in [0.4, 0.5) is 0 Å². The van der Waals surface area contributed by atoms with E-state index in [1.54, 1.807) is 26.2 Å². The van der Waals surface area contributed by atoms with Crippen LogP contribution < -0.4 is 0 Å². The third kappa shape index (κ3) is 4.47. The van der Waals surface area contributed by atoms with Crippen molar-refractivity contribution in [3.8, 4) is 0 Å². The van der Waals surface area contributed by atoms with Crippen LogP contribution in [0.2, 0.25) is 0 Å². The standard InChI is InChI=1S/C16H17BrN2O4S2/c1-19(2)12-18-25(22,23)16-6-4-3-5-15(16)24(20,21)14-9-7-13(11-17)8-10-14/h3-10,12H,11H2,1-2H3/b18-12+. The molecule has 0 spiro atoms. The summed E-state index contributed by atoms with van der Waals surface area (Å²) in [6.07, 6.45) is 1.11. The average Bonchev–Trinajstić information content (AvgIpc) is 2.60. The third-order valence-corrected chi connectivity index (χ3v) is 7.11. The molecular formula is C16H17BrN2O4S2.